The Hall–Kier alpha value is -1.08. The molecule has 0 radical (unpaired) electrons. The van der Waals surface area contributed by atoms with Crippen molar-refractivity contribution in [3.63, 3.8) is 0 Å². The molecule has 0 saturated carbocycles. The lowest BCUT2D eigenvalue weighted by atomic mass is 10.2. The molecule has 0 aromatic heterocycles. The fraction of sp³-hybridized carbons (Fsp3) is 0.667. The van der Waals surface area contributed by atoms with E-state index in [0.717, 1.165) is 0 Å². The average molecular weight is 142 g/mol. The topological polar surface area (TPSA) is 76.1 Å². The van der Waals surface area contributed by atoms with E-state index in [9.17, 15) is 4.79 Å². The van der Waals surface area contributed by atoms with E-state index in [-0.39, 0.29) is 18.8 Å². The Morgan fingerprint density at radius 3 is 2.90 bits per heavy atom. The summed E-state index contributed by atoms with van der Waals surface area (Å²) in [6.45, 7) is 0. The highest BCUT2D eigenvalue weighted by Gasteiger charge is 2.07. The van der Waals surface area contributed by atoms with E-state index in [1.165, 1.54) is 7.11 Å². The first-order valence-corrected chi connectivity index (χ1v) is 2.90. The van der Waals surface area contributed by atoms with Crippen molar-refractivity contribution in [2.75, 3.05) is 7.11 Å². The van der Waals surface area contributed by atoms with Crippen LogP contribution in [0.5, 0.6) is 0 Å². The van der Waals surface area contributed by atoms with Crippen LogP contribution in [0, 0.1) is 11.3 Å². The van der Waals surface area contributed by atoms with Crippen LogP contribution < -0.4 is 5.73 Å². The second-order valence-electron chi connectivity index (χ2n) is 1.90. The van der Waals surface area contributed by atoms with E-state index in [2.05, 4.69) is 4.74 Å². The Labute approximate surface area is 59.6 Å². The van der Waals surface area contributed by atoms with E-state index in [1.807, 2.05) is 6.07 Å². The van der Waals surface area contributed by atoms with E-state index in [4.69, 9.17) is 11.0 Å². The lowest BCUT2D eigenvalue weighted by molar-refractivity contribution is -0.140. The van der Waals surface area contributed by atoms with Crippen LogP contribution in [-0.2, 0) is 9.53 Å². The summed E-state index contributed by atoms with van der Waals surface area (Å²) in [5.41, 5.74) is 5.34. The summed E-state index contributed by atoms with van der Waals surface area (Å²) in [7, 11) is 1.29. The minimum atomic E-state index is -0.391. The zero-order valence-electron chi connectivity index (χ0n) is 5.83. The van der Waals surface area contributed by atoms with E-state index in [0.29, 0.717) is 0 Å². The summed E-state index contributed by atoms with van der Waals surface area (Å²) < 4.78 is 4.34. The molecule has 0 saturated heterocycles. The number of hydrogen-bond acceptors (Lipinski definition) is 4. The van der Waals surface area contributed by atoms with Gasteiger partial charge in [-0.15, -0.1) is 0 Å². The molecule has 0 aliphatic rings. The van der Waals surface area contributed by atoms with E-state index in [1.54, 1.807) is 0 Å². The van der Waals surface area contributed by atoms with Crippen molar-refractivity contribution >= 4 is 5.97 Å². The molecule has 0 fully saturated rings. The van der Waals surface area contributed by atoms with Crippen LogP contribution in [0.3, 0.4) is 0 Å². The Balaban J connectivity index is 3.49. The number of ether oxygens (including phenoxy) is 1. The SMILES string of the molecule is COC(=O)C[C@H](N)CC#N. The van der Waals surface area contributed by atoms with Crippen LogP contribution in [0.1, 0.15) is 12.8 Å². The van der Waals surface area contributed by atoms with Gasteiger partial charge in [0.1, 0.15) is 0 Å². The Morgan fingerprint density at radius 1 is 1.90 bits per heavy atom. The molecule has 4 heteroatoms. The molecule has 4 nitrogen and oxygen atoms in total. The molecule has 0 aromatic carbocycles. The highest BCUT2D eigenvalue weighted by Crippen LogP contribution is 1.94. The summed E-state index contributed by atoms with van der Waals surface area (Å²) >= 11 is 0. The number of nitriles is 1. The quantitative estimate of drug-likeness (QED) is 0.553. The summed E-state index contributed by atoms with van der Waals surface area (Å²) in [4.78, 5) is 10.5. The Bertz CT molecular complexity index is 150. The van der Waals surface area contributed by atoms with Gasteiger partial charge in [0.2, 0.25) is 0 Å². The third-order valence-electron chi connectivity index (χ3n) is 1.01. The van der Waals surface area contributed by atoms with Crippen molar-refractivity contribution in [3.8, 4) is 6.07 Å². The molecular weight excluding hydrogens is 132 g/mol. The van der Waals surface area contributed by atoms with Crippen molar-refractivity contribution in [1.29, 1.82) is 5.26 Å². The number of hydrogen-bond donors (Lipinski definition) is 1. The van der Waals surface area contributed by atoms with Gasteiger partial charge in [0.25, 0.3) is 0 Å². The fourth-order valence-corrected chi connectivity index (χ4v) is 0.487. The van der Waals surface area contributed by atoms with Crippen molar-refractivity contribution < 1.29 is 9.53 Å². The van der Waals surface area contributed by atoms with Gasteiger partial charge in [0, 0.05) is 6.04 Å². The number of nitrogens with zero attached hydrogens (tertiary/aromatic N) is 1. The van der Waals surface area contributed by atoms with Crippen LogP contribution >= 0.6 is 0 Å². The van der Waals surface area contributed by atoms with Crippen LogP contribution in [-0.4, -0.2) is 19.1 Å². The average Bonchev–Trinajstić information content (AvgIpc) is 1.88. The van der Waals surface area contributed by atoms with Crippen molar-refractivity contribution in [1.82, 2.24) is 0 Å². The number of carbonyl (C=O) groups excluding carboxylic acids is 1. The number of rotatable bonds is 3. The predicted molar refractivity (Wildman–Crippen MR) is 34.8 cm³/mol. The van der Waals surface area contributed by atoms with Gasteiger partial charge in [-0.2, -0.15) is 5.26 Å². The summed E-state index contributed by atoms with van der Waals surface area (Å²) in [5, 5.41) is 8.14. The molecular formula is C6H10N2O2. The molecule has 0 spiro atoms. The van der Waals surface area contributed by atoms with Gasteiger partial charge >= 0.3 is 5.97 Å². The van der Waals surface area contributed by atoms with Crippen molar-refractivity contribution in [2.45, 2.75) is 18.9 Å². The number of esters is 1. The number of carbonyl (C=O) groups is 1. The highest BCUT2D eigenvalue weighted by molar-refractivity contribution is 5.69. The molecule has 10 heavy (non-hydrogen) atoms. The fourth-order valence-electron chi connectivity index (χ4n) is 0.487. The predicted octanol–water partition coefficient (Wildman–Crippen LogP) is -0.210. The molecule has 0 aromatic rings. The Kier molecular flexibility index (Phi) is 4.25. The maximum absolute atomic E-state index is 10.5. The van der Waals surface area contributed by atoms with E-state index < -0.39 is 6.04 Å². The third kappa shape index (κ3) is 3.87. The van der Waals surface area contributed by atoms with Gasteiger partial charge in [-0.25, -0.2) is 0 Å². The normalized spacial score (nSPS) is 11.7. The summed E-state index contributed by atoms with van der Waals surface area (Å²) in [6, 6.07) is 1.47. The van der Waals surface area contributed by atoms with Gasteiger partial charge in [-0.3, -0.25) is 4.79 Å². The van der Waals surface area contributed by atoms with Crippen molar-refractivity contribution in [3.05, 3.63) is 0 Å². The molecule has 0 aliphatic carbocycles. The molecule has 0 heterocycles. The minimum Gasteiger partial charge on any atom is -0.469 e. The van der Waals surface area contributed by atoms with Crippen LogP contribution in [0.25, 0.3) is 0 Å². The van der Waals surface area contributed by atoms with Gasteiger partial charge in [0.15, 0.2) is 0 Å². The third-order valence-corrected chi connectivity index (χ3v) is 1.01. The first-order valence-electron chi connectivity index (χ1n) is 2.90. The monoisotopic (exact) mass is 142 g/mol. The van der Waals surface area contributed by atoms with Gasteiger partial charge in [-0.1, -0.05) is 0 Å². The van der Waals surface area contributed by atoms with Crippen LogP contribution in [0.2, 0.25) is 0 Å². The van der Waals surface area contributed by atoms with E-state index >= 15 is 0 Å². The van der Waals surface area contributed by atoms with Crippen LogP contribution in [0.15, 0.2) is 0 Å². The standard InChI is InChI=1S/C6H10N2O2/c1-10-6(9)4-5(8)2-3-7/h5H,2,4,8H2,1H3/t5-/m1/s1. The largest absolute Gasteiger partial charge is 0.469 e. The maximum Gasteiger partial charge on any atom is 0.307 e. The second-order valence-corrected chi connectivity index (χ2v) is 1.90. The molecule has 1 atom stereocenters. The highest BCUT2D eigenvalue weighted by atomic mass is 16.5. The molecule has 2 N–H and O–H groups in total. The smallest absolute Gasteiger partial charge is 0.307 e. The van der Waals surface area contributed by atoms with Crippen molar-refractivity contribution in [2.24, 2.45) is 5.73 Å². The zero-order chi connectivity index (χ0) is 7.98. The summed E-state index contributed by atoms with van der Waals surface area (Å²) in [6.07, 6.45) is 0.305. The molecule has 0 bridgehead atoms. The first-order chi connectivity index (χ1) is 4.70. The molecule has 0 rings (SSSR count). The first kappa shape index (κ1) is 8.92. The lowest BCUT2D eigenvalue weighted by Gasteiger charge is -2.03. The van der Waals surface area contributed by atoms with Gasteiger partial charge in [-0.05, 0) is 0 Å². The number of nitrogens with two attached hydrogens (primary N) is 1. The zero-order valence-corrected chi connectivity index (χ0v) is 5.83. The molecule has 0 aliphatic heterocycles. The minimum absolute atomic E-state index is 0.115. The van der Waals surface area contributed by atoms with Gasteiger partial charge < -0.3 is 10.5 Å². The second kappa shape index (κ2) is 4.77. The number of methoxy groups -OCH3 is 1. The summed E-state index contributed by atoms with van der Waals surface area (Å²) in [5.74, 6) is -0.372. The maximum atomic E-state index is 10.5. The molecule has 0 unspecified atom stereocenters. The molecule has 56 valence electrons. The molecule has 0 amide bonds. The lowest BCUT2D eigenvalue weighted by Crippen LogP contribution is -2.23. The van der Waals surface area contributed by atoms with Gasteiger partial charge in [0.05, 0.1) is 26.0 Å². The Morgan fingerprint density at radius 2 is 2.50 bits per heavy atom. The van der Waals surface area contributed by atoms with Crippen LogP contribution in [0.4, 0.5) is 0 Å².